The monoisotopic (exact) mass is 267 g/mol. The fourth-order valence-electron chi connectivity index (χ4n) is 2.30. The zero-order chi connectivity index (χ0) is 10.8. The molecule has 0 aromatic heterocycles. The molecule has 0 radical (unpaired) electrons. The van der Waals surface area contributed by atoms with Crippen LogP contribution in [0.15, 0.2) is 22.7 Å². The van der Waals surface area contributed by atoms with Crippen LogP contribution in [0, 0.1) is 12.8 Å². The van der Waals surface area contributed by atoms with Crippen molar-refractivity contribution in [3.63, 3.8) is 0 Å². The Labute approximate surface area is 101 Å². The SMILES string of the molecule is CCCC1CN(c2cccc(Br)c2C)C1. The molecule has 0 amide bonds. The Morgan fingerprint density at radius 2 is 2.13 bits per heavy atom. The molecular formula is C13H18BrN. The molecule has 1 aromatic carbocycles. The van der Waals surface area contributed by atoms with E-state index < -0.39 is 0 Å². The molecule has 0 spiro atoms. The molecule has 15 heavy (non-hydrogen) atoms. The number of nitrogens with zero attached hydrogens (tertiary/aromatic N) is 1. The summed E-state index contributed by atoms with van der Waals surface area (Å²) in [6, 6.07) is 6.46. The van der Waals surface area contributed by atoms with Crippen molar-refractivity contribution in [1.82, 2.24) is 0 Å². The lowest BCUT2D eigenvalue weighted by molar-refractivity contribution is 0.380. The second-order valence-electron chi connectivity index (χ2n) is 4.44. The molecule has 82 valence electrons. The van der Waals surface area contributed by atoms with E-state index in [0.717, 1.165) is 5.92 Å². The van der Waals surface area contributed by atoms with Crippen LogP contribution in [-0.2, 0) is 0 Å². The Morgan fingerprint density at radius 1 is 1.40 bits per heavy atom. The Morgan fingerprint density at radius 3 is 2.80 bits per heavy atom. The van der Waals surface area contributed by atoms with Crippen LogP contribution in [0.1, 0.15) is 25.3 Å². The van der Waals surface area contributed by atoms with E-state index in [-0.39, 0.29) is 0 Å². The highest BCUT2D eigenvalue weighted by Gasteiger charge is 2.26. The molecule has 0 saturated carbocycles. The van der Waals surface area contributed by atoms with Gasteiger partial charge in [0.25, 0.3) is 0 Å². The van der Waals surface area contributed by atoms with Gasteiger partial charge in [0.05, 0.1) is 0 Å². The number of halogens is 1. The zero-order valence-corrected chi connectivity index (χ0v) is 11.0. The molecule has 1 aliphatic heterocycles. The van der Waals surface area contributed by atoms with Gasteiger partial charge >= 0.3 is 0 Å². The van der Waals surface area contributed by atoms with E-state index in [9.17, 15) is 0 Å². The van der Waals surface area contributed by atoms with Crippen molar-refractivity contribution < 1.29 is 0 Å². The van der Waals surface area contributed by atoms with E-state index in [1.54, 1.807) is 0 Å². The maximum atomic E-state index is 3.59. The first-order valence-corrected chi connectivity index (χ1v) is 6.51. The van der Waals surface area contributed by atoms with Crippen LogP contribution >= 0.6 is 15.9 Å². The largest absolute Gasteiger partial charge is 0.371 e. The quantitative estimate of drug-likeness (QED) is 0.801. The molecule has 0 unspecified atom stereocenters. The van der Waals surface area contributed by atoms with Crippen LogP contribution in [0.2, 0.25) is 0 Å². The second kappa shape index (κ2) is 4.56. The summed E-state index contributed by atoms with van der Waals surface area (Å²) in [5, 5.41) is 0. The summed E-state index contributed by atoms with van der Waals surface area (Å²) in [6.45, 7) is 6.94. The van der Waals surface area contributed by atoms with Gasteiger partial charge in [-0.2, -0.15) is 0 Å². The van der Waals surface area contributed by atoms with E-state index in [4.69, 9.17) is 0 Å². The summed E-state index contributed by atoms with van der Waals surface area (Å²) in [4.78, 5) is 2.49. The minimum atomic E-state index is 0.924. The molecule has 1 saturated heterocycles. The first-order valence-electron chi connectivity index (χ1n) is 5.72. The highest BCUT2D eigenvalue weighted by Crippen LogP contribution is 2.32. The molecule has 1 heterocycles. The van der Waals surface area contributed by atoms with E-state index in [1.165, 1.54) is 41.7 Å². The second-order valence-corrected chi connectivity index (χ2v) is 5.30. The van der Waals surface area contributed by atoms with Crippen molar-refractivity contribution >= 4 is 21.6 Å². The molecule has 1 aliphatic rings. The molecule has 0 N–H and O–H groups in total. The zero-order valence-electron chi connectivity index (χ0n) is 9.46. The van der Waals surface area contributed by atoms with Gasteiger partial charge in [0.15, 0.2) is 0 Å². The molecule has 0 aliphatic carbocycles. The van der Waals surface area contributed by atoms with E-state index in [1.807, 2.05) is 0 Å². The predicted octanol–water partition coefficient (Wildman–Crippen LogP) is 3.99. The number of rotatable bonds is 3. The number of hydrogen-bond acceptors (Lipinski definition) is 1. The van der Waals surface area contributed by atoms with Crippen LogP contribution in [0.25, 0.3) is 0 Å². The molecule has 1 fully saturated rings. The molecular weight excluding hydrogens is 250 g/mol. The fourth-order valence-corrected chi connectivity index (χ4v) is 2.65. The van der Waals surface area contributed by atoms with Crippen molar-refractivity contribution in [1.29, 1.82) is 0 Å². The van der Waals surface area contributed by atoms with Crippen LogP contribution in [0.3, 0.4) is 0 Å². The maximum absolute atomic E-state index is 3.59. The minimum absolute atomic E-state index is 0.924. The van der Waals surface area contributed by atoms with Crippen LogP contribution in [0.5, 0.6) is 0 Å². The van der Waals surface area contributed by atoms with Crippen LogP contribution in [-0.4, -0.2) is 13.1 Å². The fraction of sp³-hybridized carbons (Fsp3) is 0.538. The van der Waals surface area contributed by atoms with Gasteiger partial charge in [-0.25, -0.2) is 0 Å². The lowest BCUT2D eigenvalue weighted by Crippen LogP contribution is -2.46. The van der Waals surface area contributed by atoms with Crippen molar-refractivity contribution in [3.05, 3.63) is 28.2 Å². The van der Waals surface area contributed by atoms with Crippen LogP contribution < -0.4 is 4.90 Å². The van der Waals surface area contributed by atoms with Gasteiger partial charge < -0.3 is 4.90 Å². The average Bonchev–Trinajstić information content (AvgIpc) is 2.16. The van der Waals surface area contributed by atoms with Gasteiger partial charge in [0, 0.05) is 23.2 Å². The Hall–Kier alpha value is -0.500. The van der Waals surface area contributed by atoms with Gasteiger partial charge in [0.1, 0.15) is 0 Å². The number of benzene rings is 1. The van der Waals surface area contributed by atoms with Crippen molar-refractivity contribution in [2.24, 2.45) is 5.92 Å². The number of anilines is 1. The Balaban J connectivity index is 2.04. The highest BCUT2D eigenvalue weighted by atomic mass is 79.9. The third kappa shape index (κ3) is 2.20. The molecule has 2 heteroatoms. The summed E-state index contributed by atoms with van der Waals surface area (Å²) >= 11 is 3.59. The normalized spacial score (nSPS) is 16.6. The van der Waals surface area contributed by atoms with E-state index in [2.05, 4.69) is 52.9 Å². The standard InChI is InChI=1S/C13H18BrN/c1-3-5-11-8-15(9-11)13-7-4-6-12(14)10(13)2/h4,6-7,11H,3,5,8-9H2,1-2H3. The van der Waals surface area contributed by atoms with Gasteiger partial charge in [0.2, 0.25) is 0 Å². The van der Waals surface area contributed by atoms with Crippen molar-refractivity contribution in [2.75, 3.05) is 18.0 Å². The summed E-state index contributed by atoms with van der Waals surface area (Å²) < 4.78 is 1.22. The molecule has 1 aromatic rings. The first kappa shape index (κ1) is 11.0. The summed E-state index contributed by atoms with van der Waals surface area (Å²) in [5.74, 6) is 0.924. The van der Waals surface area contributed by atoms with Crippen LogP contribution in [0.4, 0.5) is 5.69 Å². The van der Waals surface area contributed by atoms with E-state index >= 15 is 0 Å². The first-order chi connectivity index (χ1) is 7.22. The smallest absolute Gasteiger partial charge is 0.0407 e. The molecule has 0 atom stereocenters. The minimum Gasteiger partial charge on any atom is -0.371 e. The number of hydrogen-bond donors (Lipinski definition) is 0. The Kier molecular flexibility index (Phi) is 3.35. The summed E-state index contributed by atoms with van der Waals surface area (Å²) in [6.07, 6.45) is 2.69. The third-order valence-electron chi connectivity index (χ3n) is 3.23. The van der Waals surface area contributed by atoms with Gasteiger partial charge in [-0.15, -0.1) is 0 Å². The third-order valence-corrected chi connectivity index (χ3v) is 4.09. The van der Waals surface area contributed by atoms with Gasteiger partial charge in [-0.1, -0.05) is 35.3 Å². The summed E-state index contributed by atoms with van der Waals surface area (Å²) in [7, 11) is 0. The molecule has 0 bridgehead atoms. The average molecular weight is 268 g/mol. The van der Waals surface area contributed by atoms with Crippen molar-refractivity contribution in [3.8, 4) is 0 Å². The topological polar surface area (TPSA) is 3.24 Å². The summed E-state index contributed by atoms with van der Waals surface area (Å²) in [5.41, 5.74) is 2.77. The lowest BCUT2D eigenvalue weighted by Gasteiger charge is -2.42. The van der Waals surface area contributed by atoms with Crippen molar-refractivity contribution in [2.45, 2.75) is 26.7 Å². The molecule has 2 rings (SSSR count). The maximum Gasteiger partial charge on any atom is 0.0407 e. The van der Waals surface area contributed by atoms with Gasteiger partial charge in [-0.05, 0) is 37.0 Å². The van der Waals surface area contributed by atoms with E-state index in [0.29, 0.717) is 0 Å². The molecule has 1 nitrogen and oxygen atoms in total. The predicted molar refractivity (Wildman–Crippen MR) is 69.5 cm³/mol. The highest BCUT2D eigenvalue weighted by molar-refractivity contribution is 9.10. The lowest BCUT2D eigenvalue weighted by atomic mass is 9.94. The Bertz CT molecular complexity index is 342. The van der Waals surface area contributed by atoms with Gasteiger partial charge in [-0.3, -0.25) is 0 Å².